The molecule has 0 amide bonds. The molecule has 0 heterocycles. The lowest BCUT2D eigenvalue weighted by molar-refractivity contribution is 0.968. The molecule has 0 aromatic carbocycles. The first kappa shape index (κ1) is 7.21. The van der Waals surface area contributed by atoms with Crippen LogP contribution in [0.4, 0.5) is 0 Å². The lowest BCUT2D eigenvalue weighted by Gasteiger charge is -1.96. The quantitative estimate of drug-likeness (QED) is 0.537. The van der Waals surface area contributed by atoms with Gasteiger partial charge >= 0.3 is 0 Å². The first-order valence-corrected chi connectivity index (χ1v) is 2.57. The third-order valence-electron chi connectivity index (χ3n) is 0.874. The van der Waals surface area contributed by atoms with Crippen LogP contribution in [0.25, 0.3) is 0 Å². The molecule has 46 valence electrons. The minimum Gasteiger partial charge on any atom is -0.392 e. The normalized spacial score (nSPS) is 9.75. The summed E-state index contributed by atoms with van der Waals surface area (Å²) in [7, 11) is 3.61. The van der Waals surface area contributed by atoms with Gasteiger partial charge in [0.15, 0.2) is 0 Å². The van der Waals surface area contributed by atoms with E-state index >= 15 is 0 Å². The first-order chi connectivity index (χ1) is 3.81. The molecule has 0 radical (unpaired) electrons. The van der Waals surface area contributed by atoms with Gasteiger partial charge in [-0.15, -0.1) is 0 Å². The van der Waals surface area contributed by atoms with Crippen molar-refractivity contribution in [2.45, 2.75) is 6.42 Å². The average Bonchev–Trinajstić information content (AvgIpc) is 1.83. The van der Waals surface area contributed by atoms with E-state index in [0.29, 0.717) is 0 Å². The zero-order chi connectivity index (χ0) is 6.41. The maximum absolute atomic E-state index is 3.80. The predicted molar refractivity (Wildman–Crippen MR) is 37.2 cm³/mol. The van der Waals surface area contributed by atoms with Crippen LogP contribution in [0.3, 0.4) is 0 Å². The Kier molecular flexibility index (Phi) is 3.94. The fraction of sp³-hybridized carbons (Fsp3) is 0.500. The lowest BCUT2D eigenvalue weighted by Crippen LogP contribution is -2.03. The van der Waals surface area contributed by atoms with Crippen molar-refractivity contribution in [1.29, 1.82) is 0 Å². The number of rotatable bonds is 3. The molecule has 0 aliphatic carbocycles. The van der Waals surface area contributed by atoms with Crippen LogP contribution in [-0.2, 0) is 0 Å². The molecular formula is C6H12N2. The molecular weight excluding hydrogens is 100 g/mol. The van der Waals surface area contributed by atoms with Crippen molar-refractivity contribution in [3.8, 4) is 0 Å². The fourth-order valence-corrected chi connectivity index (χ4v) is 0.304. The molecule has 2 heteroatoms. The minimum absolute atomic E-state index is 0.826. The summed E-state index contributed by atoms with van der Waals surface area (Å²) >= 11 is 0. The molecule has 0 aromatic heterocycles. The molecule has 8 heavy (non-hydrogen) atoms. The van der Waals surface area contributed by atoms with E-state index in [4.69, 9.17) is 0 Å². The van der Waals surface area contributed by atoms with E-state index < -0.39 is 0 Å². The van der Waals surface area contributed by atoms with Crippen molar-refractivity contribution in [3.05, 3.63) is 12.3 Å². The Balaban J connectivity index is 3.25. The standard InChI is InChI=1S/C6H12N2/c1-6(8-3)4-5-7-2/h5,8H,1,4H2,2-3H3. The number of hydrogen-bond acceptors (Lipinski definition) is 2. The van der Waals surface area contributed by atoms with E-state index in [-0.39, 0.29) is 0 Å². The average molecular weight is 112 g/mol. The lowest BCUT2D eigenvalue weighted by atomic mass is 10.4. The number of nitrogens with zero attached hydrogens (tertiary/aromatic N) is 1. The van der Waals surface area contributed by atoms with Gasteiger partial charge in [-0.25, -0.2) is 0 Å². The van der Waals surface area contributed by atoms with Gasteiger partial charge in [0.05, 0.1) is 0 Å². The molecule has 0 atom stereocenters. The summed E-state index contributed by atoms with van der Waals surface area (Å²) < 4.78 is 0. The van der Waals surface area contributed by atoms with Crippen LogP contribution in [0.1, 0.15) is 6.42 Å². The molecule has 0 fully saturated rings. The molecule has 0 aliphatic heterocycles. The number of aliphatic imine (C=N–C) groups is 1. The summed E-state index contributed by atoms with van der Waals surface area (Å²) in [4.78, 5) is 3.80. The summed E-state index contributed by atoms with van der Waals surface area (Å²) in [5, 5.41) is 2.91. The Morgan fingerprint density at radius 3 is 2.88 bits per heavy atom. The second-order valence-corrected chi connectivity index (χ2v) is 1.50. The first-order valence-electron chi connectivity index (χ1n) is 2.57. The fourth-order valence-electron chi connectivity index (χ4n) is 0.304. The highest BCUT2D eigenvalue weighted by atomic mass is 14.8. The largest absolute Gasteiger partial charge is 0.392 e. The Hall–Kier alpha value is -0.790. The zero-order valence-corrected chi connectivity index (χ0v) is 5.44. The van der Waals surface area contributed by atoms with Crippen LogP contribution in [-0.4, -0.2) is 20.3 Å². The van der Waals surface area contributed by atoms with Crippen LogP contribution >= 0.6 is 0 Å². The SMILES string of the molecule is C=C(CC=NC)NC. The molecule has 1 N–H and O–H groups in total. The molecule has 0 saturated heterocycles. The van der Waals surface area contributed by atoms with E-state index in [1.54, 1.807) is 7.05 Å². The molecule has 0 unspecified atom stereocenters. The third-order valence-corrected chi connectivity index (χ3v) is 0.874. The second-order valence-electron chi connectivity index (χ2n) is 1.50. The Morgan fingerprint density at radius 2 is 2.50 bits per heavy atom. The van der Waals surface area contributed by atoms with Gasteiger partial charge in [0.2, 0.25) is 0 Å². The Labute approximate surface area is 50.3 Å². The van der Waals surface area contributed by atoms with E-state index in [0.717, 1.165) is 12.1 Å². The molecule has 0 aromatic rings. The summed E-state index contributed by atoms with van der Waals surface area (Å²) in [6.07, 6.45) is 2.64. The number of hydrogen-bond donors (Lipinski definition) is 1. The van der Waals surface area contributed by atoms with E-state index in [9.17, 15) is 0 Å². The van der Waals surface area contributed by atoms with Crippen LogP contribution < -0.4 is 5.32 Å². The van der Waals surface area contributed by atoms with E-state index in [1.165, 1.54) is 0 Å². The second kappa shape index (κ2) is 4.37. The topological polar surface area (TPSA) is 24.4 Å². The van der Waals surface area contributed by atoms with Crippen molar-refractivity contribution >= 4 is 6.21 Å². The van der Waals surface area contributed by atoms with Gasteiger partial charge in [0.1, 0.15) is 0 Å². The molecule has 2 nitrogen and oxygen atoms in total. The van der Waals surface area contributed by atoms with E-state index in [2.05, 4.69) is 16.9 Å². The maximum atomic E-state index is 3.80. The van der Waals surface area contributed by atoms with Crippen molar-refractivity contribution in [1.82, 2.24) is 5.32 Å². The highest BCUT2D eigenvalue weighted by Gasteiger charge is 1.80. The highest BCUT2D eigenvalue weighted by molar-refractivity contribution is 5.60. The summed E-state index contributed by atoms with van der Waals surface area (Å²) in [5.41, 5.74) is 0.996. The number of allylic oxidation sites excluding steroid dienone is 1. The molecule has 0 spiro atoms. The molecule has 0 bridgehead atoms. The van der Waals surface area contributed by atoms with Crippen LogP contribution in [0.5, 0.6) is 0 Å². The Bertz CT molecular complexity index is 94.7. The monoisotopic (exact) mass is 112 g/mol. The van der Waals surface area contributed by atoms with Gasteiger partial charge in [-0.2, -0.15) is 0 Å². The van der Waals surface area contributed by atoms with Crippen molar-refractivity contribution < 1.29 is 0 Å². The smallest absolute Gasteiger partial charge is 0.0273 e. The summed E-state index contributed by atoms with van der Waals surface area (Å²) in [5.74, 6) is 0. The van der Waals surface area contributed by atoms with Gasteiger partial charge in [-0.05, 0) is 0 Å². The van der Waals surface area contributed by atoms with Crippen LogP contribution in [0.15, 0.2) is 17.3 Å². The van der Waals surface area contributed by atoms with Crippen LogP contribution in [0, 0.1) is 0 Å². The van der Waals surface area contributed by atoms with Crippen molar-refractivity contribution in [2.75, 3.05) is 14.1 Å². The molecule has 0 aliphatic rings. The minimum atomic E-state index is 0.826. The molecule has 0 saturated carbocycles. The van der Waals surface area contributed by atoms with Crippen molar-refractivity contribution in [2.24, 2.45) is 4.99 Å². The maximum Gasteiger partial charge on any atom is 0.0273 e. The van der Waals surface area contributed by atoms with Gasteiger partial charge in [0, 0.05) is 32.4 Å². The Morgan fingerprint density at radius 1 is 1.88 bits per heavy atom. The van der Waals surface area contributed by atoms with Gasteiger partial charge in [0.25, 0.3) is 0 Å². The van der Waals surface area contributed by atoms with Gasteiger partial charge < -0.3 is 10.3 Å². The van der Waals surface area contributed by atoms with Gasteiger partial charge in [-0.3, -0.25) is 0 Å². The summed E-state index contributed by atoms with van der Waals surface area (Å²) in [6, 6.07) is 0. The van der Waals surface area contributed by atoms with E-state index in [1.807, 2.05) is 13.3 Å². The highest BCUT2D eigenvalue weighted by Crippen LogP contribution is 1.84. The third kappa shape index (κ3) is 3.40. The predicted octanol–water partition coefficient (Wildman–Crippen LogP) is 0.810. The van der Waals surface area contributed by atoms with Gasteiger partial charge in [-0.1, -0.05) is 6.58 Å². The van der Waals surface area contributed by atoms with Crippen molar-refractivity contribution in [3.63, 3.8) is 0 Å². The zero-order valence-electron chi connectivity index (χ0n) is 5.44. The van der Waals surface area contributed by atoms with Crippen LogP contribution in [0.2, 0.25) is 0 Å². The summed E-state index contributed by atoms with van der Waals surface area (Å²) in [6.45, 7) is 3.71. The molecule has 0 rings (SSSR count). The number of nitrogens with one attached hydrogen (secondary N) is 1.